The first-order valence-electron chi connectivity index (χ1n) is 26.5. The number of fused-ring (bicyclic) bond motifs is 3. The van der Waals surface area contributed by atoms with E-state index in [0.717, 1.165) is 12.2 Å². The summed E-state index contributed by atoms with van der Waals surface area (Å²) in [5.41, 5.74) is 6.18. The number of rotatable bonds is 50. The molecule has 0 spiro atoms. The van der Waals surface area contributed by atoms with Gasteiger partial charge in [0, 0.05) is 19.1 Å². The van der Waals surface area contributed by atoms with E-state index in [-0.39, 0.29) is 5.92 Å². The predicted octanol–water partition coefficient (Wildman–Crippen LogP) is 8.10. The van der Waals surface area contributed by atoms with Gasteiger partial charge in [-0.05, 0) is 59.2 Å². The average Bonchev–Trinajstić information content (AvgIpc) is 3.73. The van der Waals surface area contributed by atoms with Crippen molar-refractivity contribution in [3.63, 3.8) is 0 Å². The number of nitrogens with one attached hydrogen (secondary N) is 1. The van der Waals surface area contributed by atoms with Crippen molar-refractivity contribution in [1.29, 1.82) is 0 Å². The summed E-state index contributed by atoms with van der Waals surface area (Å²) in [6.45, 7) is 15.5. The molecule has 0 aromatic heterocycles. The van der Waals surface area contributed by atoms with Crippen LogP contribution in [0.1, 0.15) is 74.5 Å². The van der Waals surface area contributed by atoms with E-state index in [1.807, 2.05) is 36.4 Å². The fraction of sp³-hybridized carbons (Fsp3) is 0.661. The Hall–Kier alpha value is -3.75. The zero-order chi connectivity index (χ0) is 50.5. The molecule has 0 aliphatic heterocycles. The van der Waals surface area contributed by atoms with Crippen LogP contribution in [0, 0.1) is 0 Å². The molecule has 0 radical (unpaired) electrons. The number of benzene rings is 3. The maximum atomic E-state index is 12.3. The monoisotopic (exact) mass is 1010 g/mol. The van der Waals surface area contributed by atoms with Crippen molar-refractivity contribution in [2.24, 2.45) is 0 Å². The van der Waals surface area contributed by atoms with Gasteiger partial charge >= 0.3 is 6.09 Å². The third-order valence-corrected chi connectivity index (χ3v) is 11.4. The van der Waals surface area contributed by atoms with Gasteiger partial charge in [0.2, 0.25) is 0 Å². The highest BCUT2D eigenvalue weighted by Crippen LogP contribution is 2.44. The van der Waals surface area contributed by atoms with Crippen molar-refractivity contribution in [3.05, 3.63) is 89.5 Å². The average molecular weight is 1010 g/mol. The molecular formula is C56H87NO15. The minimum absolute atomic E-state index is 0.0458. The van der Waals surface area contributed by atoms with Crippen LogP contribution < -0.4 is 10.1 Å². The second-order valence-corrected chi connectivity index (χ2v) is 17.0. The molecular weight excluding hydrogens is 927 g/mol. The summed E-state index contributed by atoms with van der Waals surface area (Å²) in [6.07, 6.45) is 9.32. The SMILES string of the molecule is CCCCCCCCc1ccc(OCCOCCOCCOCCOCCOCCOCCOCCOCCOCCOCCOCCOCCCNC(=O)OCC2c3ccccc3-c3ccccc32)cc1. The molecule has 1 amide bonds. The predicted molar refractivity (Wildman–Crippen MR) is 277 cm³/mol. The summed E-state index contributed by atoms with van der Waals surface area (Å²) >= 11 is 0. The van der Waals surface area contributed by atoms with Crippen LogP contribution >= 0.6 is 0 Å². The lowest BCUT2D eigenvalue weighted by Crippen LogP contribution is -2.27. The van der Waals surface area contributed by atoms with Crippen molar-refractivity contribution >= 4 is 6.09 Å². The lowest BCUT2D eigenvalue weighted by atomic mass is 9.98. The van der Waals surface area contributed by atoms with Crippen molar-refractivity contribution in [2.75, 3.05) is 178 Å². The van der Waals surface area contributed by atoms with E-state index in [9.17, 15) is 4.79 Å². The van der Waals surface area contributed by atoms with Gasteiger partial charge in [0.05, 0.1) is 152 Å². The Bertz CT molecular complexity index is 1670. The van der Waals surface area contributed by atoms with Crippen LogP contribution in [0.25, 0.3) is 11.1 Å². The number of amides is 1. The molecule has 0 saturated heterocycles. The summed E-state index contributed by atoms with van der Waals surface area (Å²) in [7, 11) is 0. The van der Waals surface area contributed by atoms with Gasteiger partial charge in [-0.15, -0.1) is 0 Å². The van der Waals surface area contributed by atoms with Crippen molar-refractivity contribution in [1.82, 2.24) is 5.32 Å². The molecule has 0 atom stereocenters. The van der Waals surface area contributed by atoms with Crippen LogP contribution in [0.2, 0.25) is 0 Å². The molecule has 0 unspecified atom stereocenters. The standard InChI is InChI=1S/C56H87NO15/c1-2-3-4-5-6-7-13-49-18-20-50(21-19-49)71-47-46-70-45-44-69-43-42-68-41-40-67-39-38-66-37-36-65-35-34-64-33-32-63-31-30-62-29-28-61-27-26-60-25-24-59-23-12-22-57-56(58)72-48-55-53-16-10-8-14-51(53)52-15-9-11-17-54(52)55/h8-11,14-21,55H,2-7,12-13,22-48H2,1H3,(H,57,58). The Morgan fingerprint density at radius 3 is 1.18 bits per heavy atom. The van der Waals surface area contributed by atoms with Crippen molar-refractivity contribution in [3.8, 4) is 16.9 Å². The highest BCUT2D eigenvalue weighted by molar-refractivity contribution is 5.79. The second kappa shape index (κ2) is 43.6. The maximum absolute atomic E-state index is 12.3. The van der Waals surface area contributed by atoms with Crippen LogP contribution in [0.15, 0.2) is 72.8 Å². The Morgan fingerprint density at radius 1 is 0.403 bits per heavy atom. The van der Waals surface area contributed by atoms with Crippen molar-refractivity contribution in [2.45, 2.75) is 64.2 Å². The zero-order valence-electron chi connectivity index (χ0n) is 43.4. The molecule has 0 fully saturated rings. The minimum atomic E-state index is -0.417. The van der Waals surface area contributed by atoms with E-state index in [2.05, 4.69) is 48.6 Å². The van der Waals surface area contributed by atoms with Gasteiger partial charge in [0.25, 0.3) is 0 Å². The lowest BCUT2D eigenvalue weighted by Gasteiger charge is -2.14. The first kappa shape index (κ1) is 60.8. The summed E-state index contributed by atoms with van der Waals surface area (Å²) in [5, 5.41) is 2.81. The summed E-state index contributed by atoms with van der Waals surface area (Å²) in [5.74, 6) is 0.926. The molecule has 16 nitrogen and oxygen atoms in total. The van der Waals surface area contributed by atoms with Gasteiger partial charge in [-0.3, -0.25) is 0 Å². The molecule has 0 saturated carbocycles. The number of carbonyl (C=O) groups is 1. The maximum Gasteiger partial charge on any atom is 0.407 e. The molecule has 16 heteroatoms. The van der Waals surface area contributed by atoms with Crippen LogP contribution in [0.3, 0.4) is 0 Å². The van der Waals surface area contributed by atoms with E-state index in [1.54, 1.807) is 0 Å². The van der Waals surface area contributed by atoms with Gasteiger partial charge < -0.3 is 71.6 Å². The normalized spacial score (nSPS) is 12.1. The topological polar surface area (TPSA) is 158 Å². The van der Waals surface area contributed by atoms with Crippen LogP contribution in [0.5, 0.6) is 5.75 Å². The molecule has 1 aliphatic rings. The Kier molecular flexibility index (Phi) is 36.8. The quantitative estimate of drug-likeness (QED) is 0.0541. The molecule has 406 valence electrons. The first-order valence-corrected chi connectivity index (χ1v) is 26.5. The molecule has 0 bridgehead atoms. The highest BCUT2D eigenvalue weighted by Gasteiger charge is 2.29. The molecule has 72 heavy (non-hydrogen) atoms. The smallest absolute Gasteiger partial charge is 0.407 e. The highest BCUT2D eigenvalue weighted by atomic mass is 16.6. The van der Waals surface area contributed by atoms with E-state index in [0.29, 0.717) is 185 Å². The van der Waals surface area contributed by atoms with Crippen LogP contribution in [-0.2, 0) is 68.0 Å². The molecule has 1 N–H and O–H groups in total. The second-order valence-electron chi connectivity index (χ2n) is 17.0. The minimum Gasteiger partial charge on any atom is -0.491 e. The van der Waals surface area contributed by atoms with E-state index >= 15 is 0 Å². The van der Waals surface area contributed by atoms with Gasteiger partial charge in [-0.1, -0.05) is 99.7 Å². The van der Waals surface area contributed by atoms with Gasteiger partial charge in [-0.25, -0.2) is 4.79 Å². The summed E-state index contributed by atoms with van der Waals surface area (Å²) in [4.78, 5) is 12.3. The number of hydrogen-bond acceptors (Lipinski definition) is 15. The number of ether oxygens (including phenoxy) is 14. The molecule has 4 rings (SSSR count). The van der Waals surface area contributed by atoms with Gasteiger partial charge in [-0.2, -0.15) is 0 Å². The van der Waals surface area contributed by atoms with E-state index in [1.165, 1.54) is 66.3 Å². The fourth-order valence-electron chi connectivity index (χ4n) is 7.62. The molecule has 3 aromatic carbocycles. The summed E-state index contributed by atoms with van der Waals surface area (Å²) in [6, 6.07) is 25.0. The number of unbranched alkanes of at least 4 members (excludes halogenated alkanes) is 5. The van der Waals surface area contributed by atoms with Gasteiger partial charge in [0.15, 0.2) is 0 Å². The largest absolute Gasteiger partial charge is 0.491 e. The molecule has 1 aliphatic carbocycles. The number of alkyl carbamates (subject to hydrolysis) is 1. The molecule has 3 aromatic rings. The lowest BCUT2D eigenvalue weighted by molar-refractivity contribution is -0.0285. The fourth-order valence-corrected chi connectivity index (χ4v) is 7.62. The van der Waals surface area contributed by atoms with Gasteiger partial charge in [0.1, 0.15) is 19.0 Å². The first-order chi connectivity index (χ1) is 35.8. The van der Waals surface area contributed by atoms with E-state index in [4.69, 9.17) is 66.3 Å². The number of aryl methyl sites for hydroxylation is 1. The Labute approximate surface area is 430 Å². The number of hydrogen-bond donors (Lipinski definition) is 1. The Balaban J connectivity index is 0.746. The third-order valence-electron chi connectivity index (χ3n) is 11.4. The van der Waals surface area contributed by atoms with Crippen LogP contribution in [-0.4, -0.2) is 184 Å². The zero-order valence-corrected chi connectivity index (χ0v) is 43.4. The van der Waals surface area contributed by atoms with Crippen molar-refractivity contribution < 1.29 is 71.1 Å². The molecule has 0 heterocycles. The summed E-state index contributed by atoms with van der Waals surface area (Å²) < 4.78 is 78.0. The van der Waals surface area contributed by atoms with E-state index < -0.39 is 6.09 Å². The van der Waals surface area contributed by atoms with Crippen LogP contribution in [0.4, 0.5) is 4.79 Å². The third kappa shape index (κ3) is 29.8. The Morgan fingerprint density at radius 2 is 0.764 bits per heavy atom. The number of carbonyl (C=O) groups excluding carboxylic acids is 1.